The number of aliphatic carboxylic acids is 1. The molecule has 0 bridgehead atoms. The highest BCUT2D eigenvalue weighted by molar-refractivity contribution is 5.67. The molecular formula is C13H19NO4. The second kappa shape index (κ2) is 7.42. The predicted octanol–water partition coefficient (Wildman–Crippen LogP) is 2.37. The number of rotatable bonds is 8. The third kappa shape index (κ3) is 4.53. The lowest BCUT2D eigenvalue weighted by Crippen LogP contribution is -2.08. The molecule has 0 heterocycles. The van der Waals surface area contributed by atoms with Crippen molar-refractivity contribution in [2.75, 3.05) is 25.1 Å². The fourth-order valence-electron chi connectivity index (χ4n) is 1.47. The molecule has 0 aromatic heterocycles. The van der Waals surface area contributed by atoms with Crippen molar-refractivity contribution < 1.29 is 19.4 Å². The van der Waals surface area contributed by atoms with E-state index in [2.05, 4.69) is 5.32 Å². The molecule has 0 unspecified atom stereocenters. The molecule has 0 saturated carbocycles. The van der Waals surface area contributed by atoms with Crippen LogP contribution in [0.5, 0.6) is 11.5 Å². The second-order valence-electron chi connectivity index (χ2n) is 3.60. The van der Waals surface area contributed by atoms with Crippen molar-refractivity contribution >= 4 is 11.7 Å². The van der Waals surface area contributed by atoms with Crippen LogP contribution in [0.15, 0.2) is 18.2 Å². The van der Waals surface area contributed by atoms with Crippen LogP contribution in [0, 0.1) is 0 Å². The highest BCUT2D eigenvalue weighted by Crippen LogP contribution is 2.30. The van der Waals surface area contributed by atoms with Gasteiger partial charge in [-0.05, 0) is 26.0 Å². The molecule has 0 aliphatic rings. The van der Waals surface area contributed by atoms with Crippen LogP contribution in [0.1, 0.15) is 20.3 Å². The molecule has 0 radical (unpaired) electrons. The molecule has 1 aromatic carbocycles. The third-order valence-electron chi connectivity index (χ3n) is 2.21. The standard InChI is InChI=1S/C13H19NO4/c1-3-17-11-6-5-10(9-12(11)18-4-2)14-8-7-13(15)16/h5-6,9,14H,3-4,7-8H2,1-2H3,(H,15,16). The van der Waals surface area contributed by atoms with Crippen LogP contribution in [0.3, 0.4) is 0 Å². The summed E-state index contributed by atoms with van der Waals surface area (Å²) in [5, 5.41) is 11.6. The molecule has 0 spiro atoms. The number of hydrogen-bond acceptors (Lipinski definition) is 4. The Morgan fingerprint density at radius 3 is 2.50 bits per heavy atom. The van der Waals surface area contributed by atoms with Crippen molar-refractivity contribution in [2.24, 2.45) is 0 Å². The summed E-state index contributed by atoms with van der Waals surface area (Å²) in [6.45, 7) is 5.33. The SMILES string of the molecule is CCOc1ccc(NCCC(=O)O)cc1OCC. The van der Waals surface area contributed by atoms with Crippen LogP contribution < -0.4 is 14.8 Å². The lowest BCUT2D eigenvalue weighted by Gasteiger charge is -2.13. The quantitative estimate of drug-likeness (QED) is 0.744. The molecule has 0 saturated heterocycles. The Balaban J connectivity index is 2.69. The Morgan fingerprint density at radius 1 is 1.22 bits per heavy atom. The Bertz CT molecular complexity index is 393. The van der Waals surface area contributed by atoms with E-state index in [0.29, 0.717) is 31.3 Å². The van der Waals surface area contributed by atoms with Gasteiger partial charge in [-0.1, -0.05) is 0 Å². The molecule has 18 heavy (non-hydrogen) atoms. The number of carboxylic acids is 1. The minimum absolute atomic E-state index is 0.0805. The van der Waals surface area contributed by atoms with Crippen LogP contribution in [0.25, 0.3) is 0 Å². The van der Waals surface area contributed by atoms with Gasteiger partial charge in [0.25, 0.3) is 0 Å². The minimum Gasteiger partial charge on any atom is -0.490 e. The van der Waals surface area contributed by atoms with E-state index >= 15 is 0 Å². The summed E-state index contributed by atoms with van der Waals surface area (Å²) < 4.78 is 10.9. The molecule has 0 aliphatic carbocycles. The highest BCUT2D eigenvalue weighted by Gasteiger charge is 2.06. The first kappa shape index (κ1) is 14.2. The predicted molar refractivity (Wildman–Crippen MR) is 69.5 cm³/mol. The zero-order valence-electron chi connectivity index (χ0n) is 10.7. The zero-order valence-corrected chi connectivity index (χ0v) is 10.7. The van der Waals surface area contributed by atoms with Crippen molar-refractivity contribution in [3.05, 3.63) is 18.2 Å². The minimum atomic E-state index is -0.821. The van der Waals surface area contributed by atoms with E-state index in [1.807, 2.05) is 32.0 Å². The van der Waals surface area contributed by atoms with Gasteiger partial charge < -0.3 is 19.9 Å². The van der Waals surface area contributed by atoms with Crippen molar-refractivity contribution in [1.29, 1.82) is 0 Å². The molecule has 0 amide bonds. The van der Waals surface area contributed by atoms with E-state index in [4.69, 9.17) is 14.6 Å². The fraction of sp³-hybridized carbons (Fsp3) is 0.462. The van der Waals surface area contributed by atoms with Crippen LogP contribution >= 0.6 is 0 Å². The summed E-state index contributed by atoms with van der Waals surface area (Å²) in [4.78, 5) is 10.4. The molecule has 100 valence electrons. The fourth-order valence-corrected chi connectivity index (χ4v) is 1.47. The summed E-state index contributed by atoms with van der Waals surface area (Å²) in [6, 6.07) is 5.48. The third-order valence-corrected chi connectivity index (χ3v) is 2.21. The van der Waals surface area contributed by atoms with E-state index in [1.54, 1.807) is 0 Å². The summed E-state index contributed by atoms with van der Waals surface area (Å²) in [5.41, 5.74) is 0.822. The zero-order chi connectivity index (χ0) is 13.4. The average Bonchev–Trinajstić information content (AvgIpc) is 2.32. The molecule has 5 heteroatoms. The molecule has 5 nitrogen and oxygen atoms in total. The van der Waals surface area contributed by atoms with E-state index in [1.165, 1.54) is 0 Å². The van der Waals surface area contributed by atoms with Crippen molar-refractivity contribution in [3.8, 4) is 11.5 Å². The summed E-state index contributed by atoms with van der Waals surface area (Å²) in [7, 11) is 0. The molecule has 2 N–H and O–H groups in total. The molecule has 0 aliphatic heterocycles. The lowest BCUT2D eigenvalue weighted by atomic mass is 10.2. The van der Waals surface area contributed by atoms with Crippen LogP contribution in [0.2, 0.25) is 0 Å². The number of ether oxygens (including phenoxy) is 2. The molecule has 1 aromatic rings. The van der Waals surface area contributed by atoms with Gasteiger partial charge >= 0.3 is 5.97 Å². The van der Waals surface area contributed by atoms with E-state index in [9.17, 15) is 4.79 Å². The number of hydrogen-bond donors (Lipinski definition) is 2. The molecular weight excluding hydrogens is 234 g/mol. The summed E-state index contributed by atoms with van der Waals surface area (Å²) >= 11 is 0. The monoisotopic (exact) mass is 253 g/mol. The number of benzene rings is 1. The van der Waals surface area contributed by atoms with Gasteiger partial charge in [0.2, 0.25) is 0 Å². The van der Waals surface area contributed by atoms with Gasteiger partial charge in [0.15, 0.2) is 11.5 Å². The molecule has 0 fully saturated rings. The van der Waals surface area contributed by atoms with Crippen molar-refractivity contribution in [2.45, 2.75) is 20.3 Å². The Hall–Kier alpha value is -1.91. The first-order chi connectivity index (χ1) is 8.67. The van der Waals surface area contributed by atoms with E-state index < -0.39 is 5.97 Å². The van der Waals surface area contributed by atoms with Gasteiger partial charge in [-0.3, -0.25) is 4.79 Å². The number of carboxylic acid groups (broad SMARTS) is 1. The number of anilines is 1. The van der Waals surface area contributed by atoms with Gasteiger partial charge in [-0.2, -0.15) is 0 Å². The first-order valence-electron chi connectivity index (χ1n) is 6.02. The van der Waals surface area contributed by atoms with Crippen LogP contribution in [-0.4, -0.2) is 30.8 Å². The summed E-state index contributed by atoms with van der Waals surface area (Å²) in [5.74, 6) is 0.543. The smallest absolute Gasteiger partial charge is 0.305 e. The van der Waals surface area contributed by atoms with Crippen molar-refractivity contribution in [3.63, 3.8) is 0 Å². The maximum absolute atomic E-state index is 10.4. The topological polar surface area (TPSA) is 67.8 Å². The highest BCUT2D eigenvalue weighted by atomic mass is 16.5. The lowest BCUT2D eigenvalue weighted by molar-refractivity contribution is -0.136. The van der Waals surface area contributed by atoms with Gasteiger partial charge in [-0.25, -0.2) is 0 Å². The maximum Gasteiger partial charge on any atom is 0.305 e. The average molecular weight is 253 g/mol. The Kier molecular flexibility index (Phi) is 5.84. The second-order valence-corrected chi connectivity index (χ2v) is 3.60. The Labute approximate surface area is 107 Å². The van der Waals surface area contributed by atoms with Crippen LogP contribution in [-0.2, 0) is 4.79 Å². The van der Waals surface area contributed by atoms with E-state index in [-0.39, 0.29) is 6.42 Å². The van der Waals surface area contributed by atoms with Crippen LogP contribution in [0.4, 0.5) is 5.69 Å². The molecule has 0 atom stereocenters. The normalized spacial score (nSPS) is 9.89. The van der Waals surface area contributed by atoms with Gasteiger partial charge in [0, 0.05) is 18.3 Å². The maximum atomic E-state index is 10.4. The van der Waals surface area contributed by atoms with E-state index in [0.717, 1.165) is 5.69 Å². The van der Waals surface area contributed by atoms with Gasteiger partial charge in [0.1, 0.15) is 0 Å². The largest absolute Gasteiger partial charge is 0.490 e. The van der Waals surface area contributed by atoms with Gasteiger partial charge in [0.05, 0.1) is 19.6 Å². The number of carbonyl (C=O) groups is 1. The van der Waals surface area contributed by atoms with Gasteiger partial charge in [-0.15, -0.1) is 0 Å². The molecule has 1 rings (SSSR count). The van der Waals surface area contributed by atoms with Crippen molar-refractivity contribution in [1.82, 2.24) is 0 Å². The number of nitrogens with one attached hydrogen (secondary N) is 1. The Morgan fingerprint density at radius 2 is 1.89 bits per heavy atom. The first-order valence-corrected chi connectivity index (χ1v) is 6.02. The summed E-state index contributed by atoms with van der Waals surface area (Å²) in [6.07, 6.45) is 0.0805.